The van der Waals surface area contributed by atoms with E-state index in [9.17, 15) is 9.50 Å². The summed E-state index contributed by atoms with van der Waals surface area (Å²) in [6, 6.07) is 4.78. The number of benzene rings is 1. The van der Waals surface area contributed by atoms with Crippen LogP contribution in [0.15, 0.2) is 22.7 Å². The summed E-state index contributed by atoms with van der Waals surface area (Å²) in [5.74, 6) is 0.260. The molecule has 0 aliphatic rings. The summed E-state index contributed by atoms with van der Waals surface area (Å²) in [4.78, 5) is 4.12. The van der Waals surface area contributed by atoms with Crippen LogP contribution in [0.5, 0.6) is 0 Å². The van der Waals surface area contributed by atoms with Gasteiger partial charge < -0.3 is 9.63 Å². The molecule has 0 fully saturated rings. The van der Waals surface area contributed by atoms with E-state index in [1.165, 1.54) is 6.07 Å². The first-order valence-corrected chi connectivity index (χ1v) is 6.40. The largest absolute Gasteiger partial charge is 0.393 e. The topological polar surface area (TPSA) is 59.2 Å². The lowest BCUT2D eigenvalue weighted by molar-refractivity contribution is 0.158. The molecule has 0 radical (unpaired) electrons. The highest BCUT2D eigenvalue weighted by Crippen LogP contribution is 2.19. The fourth-order valence-electron chi connectivity index (χ4n) is 1.65. The van der Waals surface area contributed by atoms with Crippen LogP contribution >= 0.6 is 11.6 Å². The van der Waals surface area contributed by atoms with Gasteiger partial charge in [-0.3, -0.25) is 0 Å². The van der Waals surface area contributed by atoms with Gasteiger partial charge in [-0.25, -0.2) is 4.39 Å². The second kappa shape index (κ2) is 6.12. The average molecular weight is 285 g/mol. The molecular formula is C13H14ClFN2O2. The Morgan fingerprint density at radius 2 is 2.26 bits per heavy atom. The number of halogens is 2. The van der Waals surface area contributed by atoms with Gasteiger partial charge in [-0.15, -0.1) is 0 Å². The fraction of sp³-hybridized carbons (Fsp3) is 0.385. The smallest absolute Gasteiger partial charge is 0.229 e. The Kier molecular flexibility index (Phi) is 4.50. The molecule has 0 bridgehead atoms. The lowest BCUT2D eigenvalue weighted by Crippen LogP contribution is -2.08. The predicted molar refractivity (Wildman–Crippen MR) is 68.5 cm³/mol. The Hall–Kier alpha value is -1.46. The average Bonchev–Trinajstić information content (AvgIpc) is 2.82. The monoisotopic (exact) mass is 284 g/mol. The van der Waals surface area contributed by atoms with E-state index >= 15 is 0 Å². The molecule has 0 aliphatic heterocycles. The van der Waals surface area contributed by atoms with Gasteiger partial charge in [-0.05, 0) is 18.1 Å². The van der Waals surface area contributed by atoms with Gasteiger partial charge in [-0.2, -0.15) is 4.98 Å². The van der Waals surface area contributed by atoms with Gasteiger partial charge >= 0.3 is 0 Å². The van der Waals surface area contributed by atoms with E-state index < -0.39 is 11.9 Å². The maximum absolute atomic E-state index is 13.7. The first-order chi connectivity index (χ1) is 9.10. The van der Waals surface area contributed by atoms with Gasteiger partial charge in [-0.1, -0.05) is 35.8 Å². The van der Waals surface area contributed by atoms with Crippen molar-refractivity contribution >= 4 is 11.6 Å². The summed E-state index contributed by atoms with van der Waals surface area (Å²) in [7, 11) is 0. The number of rotatable bonds is 5. The zero-order valence-electron chi connectivity index (χ0n) is 10.4. The quantitative estimate of drug-likeness (QED) is 0.917. The van der Waals surface area contributed by atoms with Crippen molar-refractivity contribution in [3.63, 3.8) is 0 Å². The molecule has 1 aromatic heterocycles. The van der Waals surface area contributed by atoms with E-state index in [0.717, 1.165) is 0 Å². The van der Waals surface area contributed by atoms with Crippen LogP contribution in [-0.2, 0) is 12.8 Å². The van der Waals surface area contributed by atoms with Gasteiger partial charge in [0.15, 0.2) is 5.82 Å². The standard InChI is InChI=1S/C13H14ClFN2O2/c1-2-9(18)7-12-16-11(17-19-12)6-8-4-3-5-10(14)13(8)15/h3-5,9,18H,2,6-7H2,1H3. The number of aliphatic hydroxyl groups excluding tert-OH is 1. The van der Waals surface area contributed by atoms with Crippen molar-refractivity contribution in [1.82, 2.24) is 10.1 Å². The summed E-state index contributed by atoms with van der Waals surface area (Å²) in [6.45, 7) is 1.86. The van der Waals surface area contributed by atoms with Crippen molar-refractivity contribution in [2.24, 2.45) is 0 Å². The normalized spacial score (nSPS) is 12.6. The highest BCUT2D eigenvalue weighted by Gasteiger charge is 2.13. The zero-order valence-corrected chi connectivity index (χ0v) is 11.2. The summed E-state index contributed by atoms with van der Waals surface area (Å²) < 4.78 is 18.7. The van der Waals surface area contributed by atoms with Gasteiger partial charge in [0.25, 0.3) is 0 Å². The third-order valence-corrected chi connectivity index (χ3v) is 3.06. The lowest BCUT2D eigenvalue weighted by Gasteiger charge is -2.01. The maximum atomic E-state index is 13.7. The molecule has 102 valence electrons. The maximum Gasteiger partial charge on any atom is 0.229 e. The van der Waals surface area contributed by atoms with Crippen LogP contribution in [0.25, 0.3) is 0 Å². The van der Waals surface area contributed by atoms with E-state index in [0.29, 0.717) is 30.1 Å². The molecule has 6 heteroatoms. The number of hydrogen-bond acceptors (Lipinski definition) is 4. The third-order valence-electron chi connectivity index (χ3n) is 2.77. The van der Waals surface area contributed by atoms with Gasteiger partial charge in [0.1, 0.15) is 5.82 Å². The molecule has 0 aliphatic carbocycles. The molecule has 4 nitrogen and oxygen atoms in total. The van der Waals surface area contributed by atoms with Gasteiger partial charge in [0, 0.05) is 6.42 Å². The summed E-state index contributed by atoms with van der Waals surface area (Å²) >= 11 is 5.70. The van der Waals surface area contributed by atoms with Crippen molar-refractivity contribution in [3.05, 3.63) is 46.3 Å². The van der Waals surface area contributed by atoms with Crippen molar-refractivity contribution in [3.8, 4) is 0 Å². The minimum absolute atomic E-state index is 0.0719. The summed E-state index contributed by atoms with van der Waals surface area (Å²) in [6.07, 6.45) is 0.622. The SMILES string of the molecule is CCC(O)Cc1nc(Cc2cccc(Cl)c2F)no1. The molecule has 0 amide bonds. The minimum Gasteiger partial charge on any atom is -0.393 e. The molecule has 0 saturated carbocycles. The Morgan fingerprint density at radius 3 is 3.00 bits per heavy atom. The molecule has 1 N–H and O–H groups in total. The number of nitrogens with zero attached hydrogens (tertiary/aromatic N) is 2. The summed E-state index contributed by atoms with van der Waals surface area (Å²) in [5, 5.41) is 13.3. The van der Waals surface area contributed by atoms with E-state index in [4.69, 9.17) is 16.1 Å². The number of aliphatic hydroxyl groups is 1. The van der Waals surface area contributed by atoms with Crippen LogP contribution in [0.4, 0.5) is 4.39 Å². The molecule has 0 spiro atoms. The first kappa shape index (κ1) is 14.0. The van der Waals surface area contributed by atoms with Crippen molar-refractivity contribution < 1.29 is 14.0 Å². The molecule has 19 heavy (non-hydrogen) atoms. The molecular weight excluding hydrogens is 271 g/mol. The van der Waals surface area contributed by atoms with E-state index in [2.05, 4.69) is 10.1 Å². The highest BCUT2D eigenvalue weighted by atomic mass is 35.5. The molecule has 1 aromatic carbocycles. The molecule has 2 rings (SSSR count). The van der Waals surface area contributed by atoms with Crippen LogP contribution in [0, 0.1) is 5.82 Å². The van der Waals surface area contributed by atoms with Crippen molar-refractivity contribution in [1.29, 1.82) is 0 Å². The van der Waals surface area contributed by atoms with Crippen LogP contribution < -0.4 is 0 Å². The summed E-state index contributed by atoms with van der Waals surface area (Å²) in [5.41, 5.74) is 0.413. The number of aromatic nitrogens is 2. The Balaban J connectivity index is 2.09. The van der Waals surface area contributed by atoms with E-state index in [-0.39, 0.29) is 11.4 Å². The van der Waals surface area contributed by atoms with E-state index in [1.807, 2.05) is 6.92 Å². The molecule has 0 saturated heterocycles. The van der Waals surface area contributed by atoms with E-state index in [1.54, 1.807) is 12.1 Å². The number of hydrogen-bond donors (Lipinski definition) is 1. The first-order valence-electron chi connectivity index (χ1n) is 6.02. The zero-order chi connectivity index (χ0) is 13.8. The van der Waals surface area contributed by atoms with Gasteiger partial charge in [0.2, 0.25) is 5.89 Å². The highest BCUT2D eigenvalue weighted by molar-refractivity contribution is 6.30. The van der Waals surface area contributed by atoms with Crippen LogP contribution in [0.1, 0.15) is 30.6 Å². The molecule has 1 atom stereocenters. The lowest BCUT2D eigenvalue weighted by atomic mass is 10.1. The van der Waals surface area contributed by atoms with Crippen LogP contribution in [0.2, 0.25) is 5.02 Å². The van der Waals surface area contributed by atoms with Crippen LogP contribution in [0.3, 0.4) is 0 Å². The fourth-order valence-corrected chi connectivity index (χ4v) is 1.84. The second-order valence-electron chi connectivity index (χ2n) is 4.26. The Labute approximate surface area is 115 Å². The second-order valence-corrected chi connectivity index (χ2v) is 4.67. The molecule has 1 unspecified atom stereocenters. The Morgan fingerprint density at radius 1 is 1.47 bits per heavy atom. The third kappa shape index (κ3) is 3.52. The molecule has 1 heterocycles. The minimum atomic E-state index is -0.504. The van der Waals surface area contributed by atoms with Crippen molar-refractivity contribution in [2.45, 2.75) is 32.3 Å². The molecule has 2 aromatic rings. The van der Waals surface area contributed by atoms with Gasteiger partial charge in [0.05, 0.1) is 17.5 Å². The predicted octanol–water partition coefficient (Wildman–Crippen LogP) is 2.77. The van der Waals surface area contributed by atoms with Crippen molar-refractivity contribution in [2.75, 3.05) is 0 Å². The Bertz CT molecular complexity index is 559. The van der Waals surface area contributed by atoms with Crippen LogP contribution in [-0.4, -0.2) is 21.4 Å².